The van der Waals surface area contributed by atoms with Gasteiger partial charge in [0.25, 0.3) is 5.91 Å². The van der Waals surface area contributed by atoms with E-state index in [4.69, 9.17) is 0 Å². The third-order valence-corrected chi connectivity index (χ3v) is 3.86. The van der Waals surface area contributed by atoms with Gasteiger partial charge >= 0.3 is 0 Å². The van der Waals surface area contributed by atoms with Crippen LogP contribution >= 0.6 is 0 Å². The molecule has 22 heavy (non-hydrogen) atoms. The highest BCUT2D eigenvalue weighted by Crippen LogP contribution is 2.21. The van der Waals surface area contributed by atoms with E-state index in [1.54, 1.807) is 0 Å². The Labute approximate surface area is 134 Å². The predicted octanol–water partition coefficient (Wildman–Crippen LogP) is 3.08. The van der Waals surface area contributed by atoms with E-state index < -0.39 is 0 Å². The SMILES string of the molecule is CCC(CC)n1nc(C(=O)NC(CO)CC(C)(C)C)cc1C. The first kappa shape index (κ1) is 18.7. The Balaban J connectivity index is 2.83. The summed E-state index contributed by atoms with van der Waals surface area (Å²) in [4.78, 5) is 12.4. The van der Waals surface area contributed by atoms with Crippen LogP contribution in [0.1, 0.15) is 76.1 Å². The van der Waals surface area contributed by atoms with Crippen molar-refractivity contribution in [3.05, 3.63) is 17.5 Å². The van der Waals surface area contributed by atoms with Gasteiger partial charge in [-0.2, -0.15) is 5.10 Å². The van der Waals surface area contributed by atoms with Crippen LogP contribution in [-0.2, 0) is 0 Å². The van der Waals surface area contributed by atoms with Crippen LogP contribution in [0.5, 0.6) is 0 Å². The van der Waals surface area contributed by atoms with Gasteiger partial charge in [0.2, 0.25) is 0 Å². The Hall–Kier alpha value is -1.36. The molecule has 1 unspecified atom stereocenters. The van der Waals surface area contributed by atoms with Crippen LogP contribution in [0.4, 0.5) is 0 Å². The van der Waals surface area contributed by atoms with Crippen molar-refractivity contribution < 1.29 is 9.90 Å². The Bertz CT molecular complexity index is 485. The van der Waals surface area contributed by atoms with Crippen LogP contribution < -0.4 is 5.32 Å². The zero-order valence-electron chi connectivity index (χ0n) is 14.8. The number of carbonyl (C=O) groups is 1. The van der Waals surface area contributed by atoms with Gasteiger partial charge in [0.15, 0.2) is 0 Å². The maximum atomic E-state index is 12.4. The molecule has 126 valence electrons. The molecule has 5 heteroatoms. The van der Waals surface area contributed by atoms with Gasteiger partial charge in [0, 0.05) is 5.69 Å². The second-order valence-electron chi connectivity index (χ2n) is 7.20. The summed E-state index contributed by atoms with van der Waals surface area (Å²) in [6, 6.07) is 1.90. The molecule has 5 nitrogen and oxygen atoms in total. The lowest BCUT2D eigenvalue weighted by Gasteiger charge is -2.25. The summed E-state index contributed by atoms with van der Waals surface area (Å²) in [6.07, 6.45) is 2.70. The molecule has 1 amide bonds. The standard InChI is InChI=1S/C17H31N3O2/c1-7-14(8-2)20-12(3)9-15(19-20)16(22)18-13(11-21)10-17(4,5)6/h9,13-14,21H,7-8,10-11H2,1-6H3,(H,18,22). The largest absolute Gasteiger partial charge is 0.394 e. The molecule has 0 spiro atoms. The molecular formula is C17H31N3O2. The fraction of sp³-hybridized carbons (Fsp3) is 0.765. The van der Waals surface area contributed by atoms with Crippen LogP contribution in [-0.4, -0.2) is 33.4 Å². The van der Waals surface area contributed by atoms with Gasteiger partial charge in [-0.3, -0.25) is 9.48 Å². The lowest BCUT2D eigenvalue weighted by atomic mass is 9.88. The Kier molecular flexibility index (Phi) is 6.60. The van der Waals surface area contributed by atoms with Gasteiger partial charge in [-0.15, -0.1) is 0 Å². The van der Waals surface area contributed by atoms with Crippen LogP contribution in [0.3, 0.4) is 0 Å². The average Bonchev–Trinajstić information content (AvgIpc) is 2.80. The Morgan fingerprint density at radius 1 is 1.36 bits per heavy atom. The molecule has 0 aliphatic carbocycles. The zero-order valence-corrected chi connectivity index (χ0v) is 14.8. The van der Waals surface area contributed by atoms with Crippen molar-refractivity contribution in [3.63, 3.8) is 0 Å². The number of amides is 1. The maximum absolute atomic E-state index is 12.4. The molecule has 0 bridgehead atoms. The fourth-order valence-electron chi connectivity index (χ4n) is 2.76. The second kappa shape index (κ2) is 7.77. The summed E-state index contributed by atoms with van der Waals surface area (Å²) >= 11 is 0. The number of aliphatic hydroxyl groups is 1. The number of nitrogens with zero attached hydrogens (tertiary/aromatic N) is 2. The summed E-state index contributed by atoms with van der Waals surface area (Å²) < 4.78 is 1.94. The van der Waals surface area contributed by atoms with E-state index in [1.807, 2.05) is 17.7 Å². The molecule has 1 atom stereocenters. The van der Waals surface area contributed by atoms with Gasteiger partial charge in [-0.05, 0) is 37.7 Å². The molecule has 1 aromatic rings. The number of nitrogens with one attached hydrogen (secondary N) is 1. The molecule has 0 radical (unpaired) electrons. The van der Waals surface area contributed by atoms with Crippen LogP contribution in [0.2, 0.25) is 0 Å². The topological polar surface area (TPSA) is 67.2 Å². The minimum atomic E-state index is -0.244. The monoisotopic (exact) mass is 309 g/mol. The van der Waals surface area contributed by atoms with Gasteiger partial charge in [0.1, 0.15) is 5.69 Å². The Morgan fingerprint density at radius 3 is 2.41 bits per heavy atom. The van der Waals surface area contributed by atoms with Gasteiger partial charge in [-0.25, -0.2) is 0 Å². The third kappa shape index (κ3) is 5.13. The summed E-state index contributed by atoms with van der Waals surface area (Å²) in [5.74, 6) is -0.212. The number of carbonyl (C=O) groups excluding carboxylic acids is 1. The molecule has 1 aromatic heterocycles. The van der Waals surface area contributed by atoms with E-state index in [-0.39, 0.29) is 24.0 Å². The molecule has 1 heterocycles. The zero-order chi connectivity index (χ0) is 16.9. The average molecular weight is 309 g/mol. The first-order chi connectivity index (χ1) is 10.2. The predicted molar refractivity (Wildman–Crippen MR) is 89.0 cm³/mol. The van der Waals surface area contributed by atoms with Crippen molar-refractivity contribution in [2.24, 2.45) is 5.41 Å². The molecule has 0 saturated carbocycles. The molecule has 2 N–H and O–H groups in total. The van der Waals surface area contributed by atoms with Crippen molar-refractivity contribution in [1.82, 2.24) is 15.1 Å². The molecule has 0 fully saturated rings. The minimum absolute atomic E-state index is 0.0471. The highest BCUT2D eigenvalue weighted by atomic mass is 16.3. The number of rotatable bonds is 7. The van der Waals surface area contributed by atoms with Gasteiger partial charge in [-0.1, -0.05) is 34.6 Å². The van der Waals surface area contributed by atoms with E-state index in [0.717, 1.165) is 25.0 Å². The first-order valence-corrected chi connectivity index (χ1v) is 8.19. The number of aromatic nitrogens is 2. The van der Waals surface area contributed by atoms with Crippen LogP contribution in [0.25, 0.3) is 0 Å². The van der Waals surface area contributed by atoms with E-state index in [0.29, 0.717) is 11.7 Å². The van der Waals surface area contributed by atoms with Crippen molar-refractivity contribution in [3.8, 4) is 0 Å². The summed E-state index contributed by atoms with van der Waals surface area (Å²) in [5.41, 5.74) is 1.47. The highest BCUT2D eigenvalue weighted by molar-refractivity contribution is 5.92. The maximum Gasteiger partial charge on any atom is 0.272 e. The van der Waals surface area contributed by atoms with Crippen LogP contribution in [0.15, 0.2) is 6.07 Å². The Morgan fingerprint density at radius 2 is 1.95 bits per heavy atom. The van der Waals surface area contributed by atoms with Crippen LogP contribution in [0, 0.1) is 12.3 Å². The summed E-state index contributed by atoms with van der Waals surface area (Å²) in [5, 5.41) is 16.8. The number of hydrogen-bond donors (Lipinski definition) is 2. The smallest absolute Gasteiger partial charge is 0.272 e. The van der Waals surface area contributed by atoms with Crippen molar-refractivity contribution >= 4 is 5.91 Å². The molecular weight excluding hydrogens is 278 g/mol. The van der Waals surface area contributed by atoms with Crippen molar-refractivity contribution in [1.29, 1.82) is 0 Å². The van der Waals surface area contributed by atoms with Crippen molar-refractivity contribution in [2.75, 3.05) is 6.61 Å². The number of aryl methyl sites for hydroxylation is 1. The normalized spacial score (nSPS) is 13.5. The number of hydrogen-bond acceptors (Lipinski definition) is 3. The molecule has 0 aliphatic heterocycles. The lowest BCUT2D eigenvalue weighted by Crippen LogP contribution is -2.40. The third-order valence-electron chi connectivity index (χ3n) is 3.86. The fourth-order valence-corrected chi connectivity index (χ4v) is 2.76. The van der Waals surface area contributed by atoms with E-state index in [1.165, 1.54) is 0 Å². The minimum Gasteiger partial charge on any atom is -0.394 e. The summed E-state index contributed by atoms with van der Waals surface area (Å²) in [7, 11) is 0. The highest BCUT2D eigenvalue weighted by Gasteiger charge is 2.22. The molecule has 1 rings (SSSR count). The number of aliphatic hydroxyl groups excluding tert-OH is 1. The van der Waals surface area contributed by atoms with Crippen molar-refractivity contribution in [2.45, 2.75) is 72.9 Å². The molecule has 0 aromatic carbocycles. The second-order valence-corrected chi connectivity index (χ2v) is 7.20. The van der Waals surface area contributed by atoms with E-state index in [9.17, 15) is 9.90 Å². The molecule has 0 aliphatic rings. The van der Waals surface area contributed by atoms with Gasteiger partial charge < -0.3 is 10.4 Å². The summed E-state index contributed by atoms with van der Waals surface area (Å²) in [6.45, 7) is 12.4. The molecule has 0 saturated heterocycles. The quantitative estimate of drug-likeness (QED) is 0.813. The lowest BCUT2D eigenvalue weighted by molar-refractivity contribution is 0.0891. The van der Waals surface area contributed by atoms with E-state index >= 15 is 0 Å². The van der Waals surface area contributed by atoms with Gasteiger partial charge in [0.05, 0.1) is 18.7 Å². The first-order valence-electron chi connectivity index (χ1n) is 8.19. The van der Waals surface area contributed by atoms with E-state index in [2.05, 4.69) is 45.0 Å².